The minimum atomic E-state index is -1.05. The van der Waals surface area contributed by atoms with Gasteiger partial charge in [-0.15, -0.1) is 0 Å². The summed E-state index contributed by atoms with van der Waals surface area (Å²) in [4.78, 5) is 26.9. The molecule has 0 atom stereocenters. The normalized spacial score (nSPS) is 10.0. The third-order valence-electron chi connectivity index (χ3n) is 2.76. The number of carbonyl (C=O) groups excluding carboxylic acids is 1. The molecule has 0 saturated carbocycles. The standard InChI is InChI=1S/C15H14N2O3/c18-14(11-4-3-5-12(10-11)15(19)20)17-9-7-13-6-1-2-8-16-13/h1-6,8,10H,7,9H2,(H,17,18)(H,19,20). The van der Waals surface area contributed by atoms with E-state index < -0.39 is 5.97 Å². The number of nitrogens with zero attached hydrogens (tertiary/aromatic N) is 1. The molecular weight excluding hydrogens is 256 g/mol. The first-order valence-corrected chi connectivity index (χ1v) is 6.18. The van der Waals surface area contributed by atoms with Crippen molar-refractivity contribution in [3.8, 4) is 0 Å². The van der Waals surface area contributed by atoms with Gasteiger partial charge in [-0.05, 0) is 30.3 Å². The van der Waals surface area contributed by atoms with Crippen LogP contribution >= 0.6 is 0 Å². The van der Waals surface area contributed by atoms with Crippen molar-refractivity contribution >= 4 is 11.9 Å². The van der Waals surface area contributed by atoms with E-state index in [2.05, 4.69) is 10.3 Å². The summed E-state index contributed by atoms with van der Waals surface area (Å²) in [5.41, 5.74) is 1.33. The van der Waals surface area contributed by atoms with Gasteiger partial charge in [0.1, 0.15) is 0 Å². The Labute approximate surface area is 116 Å². The van der Waals surface area contributed by atoms with E-state index in [0.29, 0.717) is 18.5 Å². The Kier molecular flexibility index (Phi) is 4.44. The lowest BCUT2D eigenvalue weighted by Crippen LogP contribution is -2.26. The number of carboxylic acids is 1. The maximum Gasteiger partial charge on any atom is 0.335 e. The van der Waals surface area contributed by atoms with Gasteiger partial charge in [-0.2, -0.15) is 0 Å². The molecule has 1 aromatic carbocycles. The monoisotopic (exact) mass is 270 g/mol. The first kappa shape index (κ1) is 13.7. The Hall–Kier alpha value is -2.69. The van der Waals surface area contributed by atoms with Crippen LogP contribution in [-0.4, -0.2) is 28.5 Å². The highest BCUT2D eigenvalue weighted by Gasteiger charge is 2.08. The molecule has 5 heteroatoms. The molecule has 5 nitrogen and oxygen atoms in total. The highest BCUT2D eigenvalue weighted by atomic mass is 16.4. The molecule has 0 fully saturated rings. The second-order valence-electron chi connectivity index (χ2n) is 4.21. The zero-order valence-electron chi connectivity index (χ0n) is 10.7. The van der Waals surface area contributed by atoms with Gasteiger partial charge in [0.15, 0.2) is 0 Å². The van der Waals surface area contributed by atoms with E-state index in [0.717, 1.165) is 5.69 Å². The average Bonchev–Trinajstić information content (AvgIpc) is 2.48. The van der Waals surface area contributed by atoms with Gasteiger partial charge in [-0.1, -0.05) is 12.1 Å². The Morgan fingerprint density at radius 2 is 1.90 bits per heavy atom. The lowest BCUT2D eigenvalue weighted by atomic mass is 10.1. The number of pyridine rings is 1. The second kappa shape index (κ2) is 6.47. The van der Waals surface area contributed by atoms with E-state index in [-0.39, 0.29) is 11.5 Å². The Morgan fingerprint density at radius 3 is 2.60 bits per heavy atom. The van der Waals surface area contributed by atoms with Crippen LogP contribution in [0.1, 0.15) is 26.4 Å². The van der Waals surface area contributed by atoms with Gasteiger partial charge in [0, 0.05) is 30.4 Å². The summed E-state index contributed by atoms with van der Waals surface area (Å²) in [6.45, 7) is 0.452. The van der Waals surface area contributed by atoms with E-state index in [4.69, 9.17) is 5.11 Å². The summed E-state index contributed by atoms with van der Waals surface area (Å²) in [5.74, 6) is -1.34. The summed E-state index contributed by atoms with van der Waals surface area (Å²) >= 11 is 0. The quantitative estimate of drug-likeness (QED) is 0.867. The topological polar surface area (TPSA) is 79.3 Å². The van der Waals surface area contributed by atoms with Crippen LogP contribution in [0.5, 0.6) is 0 Å². The van der Waals surface area contributed by atoms with Crippen LogP contribution in [0.25, 0.3) is 0 Å². The third kappa shape index (κ3) is 3.65. The van der Waals surface area contributed by atoms with E-state index in [1.54, 1.807) is 18.3 Å². The van der Waals surface area contributed by atoms with Crippen molar-refractivity contribution in [1.29, 1.82) is 0 Å². The summed E-state index contributed by atoms with van der Waals surface area (Å²) < 4.78 is 0. The van der Waals surface area contributed by atoms with Gasteiger partial charge >= 0.3 is 5.97 Å². The van der Waals surface area contributed by atoms with Crippen molar-refractivity contribution in [2.75, 3.05) is 6.54 Å². The highest BCUT2D eigenvalue weighted by Crippen LogP contribution is 2.05. The third-order valence-corrected chi connectivity index (χ3v) is 2.76. The van der Waals surface area contributed by atoms with Gasteiger partial charge in [0.05, 0.1) is 5.56 Å². The van der Waals surface area contributed by atoms with Gasteiger partial charge in [0.25, 0.3) is 5.91 Å². The predicted octanol–water partition coefficient (Wildman–Crippen LogP) is 1.75. The van der Waals surface area contributed by atoms with E-state index in [9.17, 15) is 9.59 Å². The van der Waals surface area contributed by atoms with Crippen molar-refractivity contribution in [3.05, 3.63) is 65.5 Å². The summed E-state index contributed by atoms with van der Waals surface area (Å²) in [6, 6.07) is 11.6. The smallest absolute Gasteiger partial charge is 0.335 e. The highest BCUT2D eigenvalue weighted by molar-refractivity contribution is 5.97. The molecule has 0 aliphatic heterocycles. The molecule has 2 rings (SSSR count). The van der Waals surface area contributed by atoms with Crippen molar-refractivity contribution in [2.24, 2.45) is 0 Å². The molecule has 0 aliphatic rings. The molecule has 0 saturated heterocycles. The lowest BCUT2D eigenvalue weighted by molar-refractivity contribution is 0.0697. The number of hydrogen-bond donors (Lipinski definition) is 2. The zero-order valence-corrected chi connectivity index (χ0v) is 10.7. The number of carbonyl (C=O) groups is 2. The zero-order chi connectivity index (χ0) is 14.4. The van der Waals surface area contributed by atoms with Crippen LogP contribution in [-0.2, 0) is 6.42 Å². The van der Waals surface area contributed by atoms with Crippen LogP contribution in [0, 0.1) is 0 Å². The molecule has 20 heavy (non-hydrogen) atoms. The number of aromatic nitrogens is 1. The predicted molar refractivity (Wildman–Crippen MR) is 73.7 cm³/mol. The molecule has 102 valence electrons. The van der Waals surface area contributed by atoms with Crippen molar-refractivity contribution in [3.63, 3.8) is 0 Å². The maximum absolute atomic E-state index is 11.9. The molecule has 2 N–H and O–H groups in total. The van der Waals surface area contributed by atoms with Crippen molar-refractivity contribution in [1.82, 2.24) is 10.3 Å². The number of benzene rings is 1. The Morgan fingerprint density at radius 1 is 1.10 bits per heavy atom. The summed E-state index contributed by atoms with van der Waals surface area (Å²) in [6.07, 6.45) is 2.33. The number of hydrogen-bond acceptors (Lipinski definition) is 3. The molecule has 1 aromatic heterocycles. The number of amides is 1. The van der Waals surface area contributed by atoms with Gasteiger partial charge in [-0.3, -0.25) is 9.78 Å². The van der Waals surface area contributed by atoms with Crippen molar-refractivity contribution in [2.45, 2.75) is 6.42 Å². The minimum absolute atomic E-state index is 0.0994. The first-order valence-electron chi connectivity index (χ1n) is 6.18. The van der Waals surface area contributed by atoms with Crippen LogP contribution in [0.3, 0.4) is 0 Å². The van der Waals surface area contributed by atoms with Gasteiger partial charge < -0.3 is 10.4 Å². The number of carboxylic acid groups (broad SMARTS) is 1. The van der Waals surface area contributed by atoms with Crippen molar-refractivity contribution < 1.29 is 14.7 Å². The van der Waals surface area contributed by atoms with E-state index in [1.807, 2.05) is 18.2 Å². The fraction of sp³-hybridized carbons (Fsp3) is 0.133. The van der Waals surface area contributed by atoms with E-state index >= 15 is 0 Å². The fourth-order valence-corrected chi connectivity index (χ4v) is 1.75. The van der Waals surface area contributed by atoms with Crippen LogP contribution in [0.2, 0.25) is 0 Å². The molecule has 0 radical (unpaired) electrons. The first-order chi connectivity index (χ1) is 9.66. The van der Waals surface area contributed by atoms with Crippen LogP contribution in [0.4, 0.5) is 0 Å². The Bertz CT molecular complexity index is 612. The van der Waals surface area contributed by atoms with Crippen LogP contribution < -0.4 is 5.32 Å². The Balaban J connectivity index is 1.92. The number of aromatic carboxylic acids is 1. The fourth-order valence-electron chi connectivity index (χ4n) is 1.75. The molecule has 0 bridgehead atoms. The molecule has 0 aliphatic carbocycles. The largest absolute Gasteiger partial charge is 0.478 e. The molecule has 2 aromatic rings. The molecule has 0 unspecified atom stereocenters. The molecule has 1 amide bonds. The van der Waals surface area contributed by atoms with Gasteiger partial charge in [-0.25, -0.2) is 4.79 Å². The average molecular weight is 270 g/mol. The lowest BCUT2D eigenvalue weighted by Gasteiger charge is -2.05. The van der Waals surface area contributed by atoms with E-state index in [1.165, 1.54) is 12.1 Å². The minimum Gasteiger partial charge on any atom is -0.478 e. The second-order valence-corrected chi connectivity index (χ2v) is 4.21. The number of rotatable bonds is 5. The van der Waals surface area contributed by atoms with Crippen LogP contribution in [0.15, 0.2) is 48.7 Å². The summed E-state index contributed by atoms with van der Waals surface area (Å²) in [5, 5.41) is 11.6. The molecule has 1 heterocycles. The van der Waals surface area contributed by atoms with Gasteiger partial charge in [0.2, 0.25) is 0 Å². The SMILES string of the molecule is O=C(O)c1cccc(C(=O)NCCc2ccccn2)c1. The molecular formula is C15H14N2O3. The summed E-state index contributed by atoms with van der Waals surface area (Å²) in [7, 11) is 0. The molecule has 0 spiro atoms. The number of nitrogens with one attached hydrogen (secondary N) is 1. The maximum atomic E-state index is 11.9.